The molecule has 1 aliphatic rings. The zero-order chi connectivity index (χ0) is 14.7. The van der Waals surface area contributed by atoms with Gasteiger partial charge < -0.3 is 14.8 Å². The molecule has 21 heavy (non-hydrogen) atoms. The summed E-state index contributed by atoms with van der Waals surface area (Å²) in [6.45, 7) is 3.73. The molecule has 0 saturated heterocycles. The van der Waals surface area contributed by atoms with Gasteiger partial charge >= 0.3 is 0 Å². The molecule has 0 bridgehead atoms. The maximum absolute atomic E-state index is 5.86. The van der Waals surface area contributed by atoms with Crippen molar-refractivity contribution in [3.63, 3.8) is 0 Å². The lowest BCUT2D eigenvalue weighted by atomic mass is 9.96. The molecule has 0 saturated carbocycles. The quantitative estimate of drug-likeness (QED) is 0.917. The Balaban J connectivity index is 2.09. The smallest absolute Gasteiger partial charge is 0.142 e. The van der Waals surface area contributed by atoms with Gasteiger partial charge in [-0.3, -0.25) is 4.98 Å². The molecule has 4 nitrogen and oxygen atoms in total. The van der Waals surface area contributed by atoms with Crippen LogP contribution in [0.1, 0.15) is 29.7 Å². The van der Waals surface area contributed by atoms with Gasteiger partial charge in [0.1, 0.15) is 11.5 Å². The van der Waals surface area contributed by atoms with E-state index in [0.29, 0.717) is 0 Å². The van der Waals surface area contributed by atoms with Gasteiger partial charge in [-0.2, -0.15) is 0 Å². The number of hydrogen-bond acceptors (Lipinski definition) is 4. The van der Waals surface area contributed by atoms with Crippen LogP contribution in [0.15, 0.2) is 36.7 Å². The number of para-hydroxylation sites is 1. The molecule has 1 unspecified atom stereocenters. The summed E-state index contributed by atoms with van der Waals surface area (Å²) in [7, 11) is 1.68. The van der Waals surface area contributed by atoms with Crippen molar-refractivity contribution in [2.24, 2.45) is 0 Å². The van der Waals surface area contributed by atoms with E-state index in [4.69, 9.17) is 9.47 Å². The summed E-state index contributed by atoms with van der Waals surface area (Å²) < 4.78 is 11.3. The highest BCUT2D eigenvalue weighted by Crippen LogP contribution is 2.38. The second-order valence-corrected chi connectivity index (χ2v) is 5.04. The van der Waals surface area contributed by atoms with Gasteiger partial charge in [0.05, 0.1) is 26.0 Å². The van der Waals surface area contributed by atoms with Crippen LogP contribution in [-0.4, -0.2) is 25.2 Å². The van der Waals surface area contributed by atoms with E-state index < -0.39 is 0 Å². The SMILES string of the molecule is CCNC(c1ccncc1OC)c1cccc2c1OCC2. The van der Waals surface area contributed by atoms with Crippen molar-refractivity contribution in [3.05, 3.63) is 53.3 Å². The number of ether oxygens (including phenoxy) is 2. The summed E-state index contributed by atoms with van der Waals surface area (Å²) in [5.41, 5.74) is 3.53. The van der Waals surface area contributed by atoms with E-state index in [-0.39, 0.29) is 6.04 Å². The minimum atomic E-state index is 0.0426. The lowest BCUT2D eigenvalue weighted by Gasteiger charge is -2.22. The van der Waals surface area contributed by atoms with Crippen molar-refractivity contribution in [3.8, 4) is 11.5 Å². The number of nitrogens with one attached hydrogen (secondary N) is 1. The van der Waals surface area contributed by atoms with Gasteiger partial charge in [-0.15, -0.1) is 0 Å². The third-order valence-corrected chi connectivity index (χ3v) is 3.81. The van der Waals surface area contributed by atoms with Gasteiger partial charge in [0.2, 0.25) is 0 Å². The molecule has 4 heteroatoms. The van der Waals surface area contributed by atoms with Crippen LogP contribution in [0.4, 0.5) is 0 Å². The Bertz CT molecular complexity index is 628. The first-order valence-corrected chi connectivity index (χ1v) is 7.31. The molecule has 0 amide bonds. The molecule has 0 radical (unpaired) electrons. The maximum atomic E-state index is 5.86. The molecule has 1 aromatic carbocycles. The second kappa shape index (κ2) is 6.14. The lowest BCUT2D eigenvalue weighted by Crippen LogP contribution is -2.23. The van der Waals surface area contributed by atoms with Crippen LogP contribution < -0.4 is 14.8 Å². The summed E-state index contributed by atoms with van der Waals surface area (Å²) >= 11 is 0. The van der Waals surface area contributed by atoms with Crippen molar-refractivity contribution in [2.45, 2.75) is 19.4 Å². The molecule has 0 spiro atoms. The van der Waals surface area contributed by atoms with Crippen LogP contribution in [0.25, 0.3) is 0 Å². The van der Waals surface area contributed by atoms with Gasteiger partial charge in [0, 0.05) is 23.7 Å². The molecule has 1 atom stereocenters. The van der Waals surface area contributed by atoms with Crippen LogP contribution >= 0.6 is 0 Å². The summed E-state index contributed by atoms with van der Waals surface area (Å²) in [6.07, 6.45) is 4.53. The van der Waals surface area contributed by atoms with Crippen molar-refractivity contribution in [1.29, 1.82) is 0 Å². The van der Waals surface area contributed by atoms with E-state index in [9.17, 15) is 0 Å². The number of hydrogen-bond donors (Lipinski definition) is 1. The number of fused-ring (bicyclic) bond motifs is 1. The maximum Gasteiger partial charge on any atom is 0.142 e. The standard InChI is InChI=1S/C17H20N2O2/c1-3-19-16(13-7-9-18-11-15(13)20-2)14-6-4-5-12-8-10-21-17(12)14/h4-7,9,11,16,19H,3,8,10H2,1-2H3. The molecule has 1 aromatic heterocycles. The highest BCUT2D eigenvalue weighted by atomic mass is 16.5. The van der Waals surface area contributed by atoms with E-state index in [0.717, 1.165) is 42.2 Å². The Morgan fingerprint density at radius 3 is 3.05 bits per heavy atom. The summed E-state index contributed by atoms with van der Waals surface area (Å²) in [4.78, 5) is 4.14. The minimum Gasteiger partial charge on any atom is -0.495 e. The zero-order valence-corrected chi connectivity index (χ0v) is 12.4. The van der Waals surface area contributed by atoms with Crippen molar-refractivity contribution >= 4 is 0 Å². The molecule has 1 N–H and O–H groups in total. The fourth-order valence-electron chi connectivity index (χ4n) is 2.86. The summed E-state index contributed by atoms with van der Waals surface area (Å²) in [6, 6.07) is 8.40. The van der Waals surface area contributed by atoms with Crippen LogP contribution in [0.2, 0.25) is 0 Å². The predicted molar refractivity (Wildman–Crippen MR) is 81.9 cm³/mol. The van der Waals surface area contributed by atoms with Gasteiger partial charge in [0.25, 0.3) is 0 Å². The summed E-state index contributed by atoms with van der Waals surface area (Å²) in [5.74, 6) is 1.81. The van der Waals surface area contributed by atoms with E-state index in [1.807, 2.05) is 6.07 Å². The first-order chi connectivity index (χ1) is 10.3. The van der Waals surface area contributed by atoms with Gasteiger partial charge in [-0.1, -0.05) is 25.1 Å². The highest BCUT2D eigenvalue weighted by molar-refractivity contribution is 5.50. The predicted octanol–water partition coefficient (Wildman–Crippen LogP) is 2.72. The third-order valence-electron chi connectivity index (χ3n) is 3.81. The first kappa shape index (κ1) is 13.9. The first-order valence-electron chi connectivity index (χ1n) is 7.31. The largest absolute Gasteiger partial charge is 0.495 e. The topological polar surface area (TPSA) is 43.4 Å². The van der Waals surface area contributed by atoms with Crippen LogP contribution in [0, 0.1) is 0 Å². The van der Waals surface area contributed by atoms with Gasteiger partial charge in [-0.05, 0) is 18.2 Å². The van der Waals surface area contributed by atoms with Crippen molar-refractivity contribution in [2.75, 3.05) is 20.3 Å². The molecule has 0 aliphatic carbocycles. The van der Waals surface area contributed by atoms with E-state index in [2.05, 4.69) is 35.4 Å². The molecule has 110 valence electrons. The molecule has 1 aliphatic heterocycles. The van der Waals surface area contributed by atoms with Gasteiger partial charge in [0.15, 0.2) is 0 Å². The average molecular weight is 284 g/mol. The highest BCUT2D eigenvalue weighted by Gasteiger charge is 2.24. The monoisotopic (exact) mass is 284 g/mol. The van der Waals surface area contributed by atoms with Crippen LogP contribution in [0.3, 0.4) is 0 Å². The molecule has 0 fully saturated rings. The Hall–Kier alpha value is -2.07. The lowest BCUT2D eigenvalue weighted by molar-refractivity contribution is 0.349. The number of pyridine rings is 1. The normalized spacial score (nSPS) is 14.4. The molecule has 2 aromatic rings. The number of nitrogens with zero attached hydrogens (tertiary/aromatic N) is 1. The number of benzene rings is 1. The van der Waals surface area contributed by atoms with Gasteiger partial charge in [-0.25, -0.2) is 0 Å². The van der Waals surface area contributed by atoms with E-state index >= 15 is 0 Å². The number of aromatic nitrogens is 1. The zero-order valence-electron chi connectivity index (χ0n) is 12.4. The number of rotatable bonds is 5. The molecule has 2 heterocycles. The molecule has 3 rings (SSSR count). The average Bonchev–Trinajstić information content (AvgIpc) is 3.01. The Morgan fingerprint density at radius 1 is 1.33 bits per heavy atom. The minimum absolute atomic E-state index is 0.0426. The Morgan fingerprint density at radius 2 is 2.24 bits per heavy atom. The molecular formula is C17H20N2O2. The van der Waals surface area contributed by atoms with Crippen molar-refractivity contribution in [1.82, 2.24) is 10.3 Å². The van der Waals surface area contributed by atoms with Crippen molar-refractivity contribution < 1.29 is 9.47 Å². The fraction of sp³-hybridized carbons (Fsp3) is 0.353. The fourth-order valence-corrected chi connectivity index (χ4v) is 2.86. The van der Waals surface area contributed by atoms with E-state index in [1.165, 1.54) is 5.56 Å². The second-order valence-electron chi connectivity index (χ2n) is 5.04. The number of methoxy groups -OCH3 is 1. The van der Waals surface area contributed by atoms with Crippen LogP contribution in [-0.2, 0) is 6.42 Å². The summed E-state index contributed by atoms with van der Waals surface area (Å²) in [5, 5.41) is 3.53. The molecular weight excluding hydrogens is 264 g/mol. The third kappa shape index (κ3) is 2.59. The van der Waals surface area contributed by atoms with E-state index in [1.54, 1.807) is 19.5 Å². The van der Waals surface area contributed by atoms with Crippen LogP contribution in [0.5, 0.6) is 11.5 Å². The Labute approximate surface area is 125 Å². The Kier molecular flexibility index (Phi) is 4.06.